The Hall–Kier alpha value is -2.36. The first kappa shape index (κ1) is 13.6. The van der Waals surface area contributed by atoms with Crippen molar-refractivity contribution >= 4 is 17.6 Å². The van der Waals surface area contributed by atoms with Crippen LogP contribution in [0.25, 0.3) is 0 Å². The van der Waals surface area contributed by atoms with E-state index in [1.54, 1.807) is 18.3 Å². The molecular formula is C17H18FN3. The van der Waals surface area contributed by atoms with Crippen LogP contribution in [-0.4, -0.2) is 19.3 Å². The fraction of sp³-hybridized carbons (Fsp3) is 0.235. The lowest BCUT2D eigenvalue weighted by Gasteiger charge is -2.17. The van der Waals surface area contributed by atoms with E-state index >= 15 is 0 Å². The molecule has 0 bridgehead atoms. The second-order valence-electron chi connectivity index (χ2n) is 5.16. The van der Waals surface area contributed by atoms with Crippen LogP contribution in [0.5, 0.6) is 0 Å². The van der Waals surface area contributed by atoms with Crippen molar-refractivity contribution in [1.29, 1.82) is 0 Å². The maximum absolute atomic E-state index is 12.8. The third-order valence-corrected chi connectivity index (χ3v) is 3.62. The van der Waals surface area contributed by atoms with Gasteiger partial charge in [0.1, 0.15) is 5.82 Å². The highest BCUT2D eigenvalue weighted by Gasteiger charge is 2.11. The molecule has 0 unspecified atom stereocenters. The summed E-state index contributed by atoms with van der Waals surface area (Å²) in [4.78, 5) is 2.40. The highest BCUT2D eigenvalue weighted by Crippen LogP contribution is 2.20. The average Bonchev–Trinajstić information content (AvgIpc) is 3.04. The zero-order valence-corrected chi connectivity index (χ0v) is 11.8. The smallest absolute Gasteiger partial charge is 0.123 e. The molecule has 0 saturated carbocycles. The molecule has 0 amide bonds. The van der Waals surface area contributed by atoms with E-state index in [-0.39, 0.29) is 5.82 Å². The summed E-state index contributed by atoms with van der Waals surface area (Å²) in [5.74, 6) is -0.248. The molecule has 0 aliphatic carbocycles. The van der Waals surface area contributed by atoms with E-state index in [2.05, 4.69) is 39.7 Å². The SMILES string of the molecule is Fc1ccc(NN=Cc2ccc(N3CCCC3)cc2)cc1. The Morgan fingerprint density at radius 1 is 0.952 bits per heavy atom. The molecule has 21 heavy (non-hydrogen) atoms. The molecule has 1 heterocycles. The van der Waals surface area contributed by atoms with Gasteiger partial charge in [-0.1, -0.05) is 12.1 Å². The predicted molar refractivity (Wildman–Crippen MR) is 85.5 cm³/mol. The normalized spacial score (nSPS) is 14.8. The summed E-state index contributed by atoms with van der Waals surface area (Å²) in [6, 6.07) is 14.5. The van der Waals surface area contributed by atoms with E-state index in [0.717, 1.165) is 24.3 Å². The molecule has 108 valence electrons. The summed E-state index contributed by atoms with van der Waals surface area (Å²) in [7, 11) is 0. The lowest BCUT2D eigenvalue weighted by atomic mass is 10.2. The molecule has 1 aliphatic heterocycles. The third kappa shape index (κ3) is 3.60. The van der Waals surface area contributed by atoms with Gasteiger partial charge in [0, 0.05) is 18.8 Å². The third-order valence-electron chi connectivity index (χ3n) is 3.62. The zero-order valence-electron chi connectivity index (χ0n) is 11.8. The Morgan fingerprint density at radius 2 is 1.62 bits per heavy atom. The van der Waals surface area contributed by atoms with Crippen molar-refractivity contribution in [3.63, 3.8) is 0 Å². The number of anilines is 2. The monoisotopic (exact) mass is 283 g/mol. The topological polar surface area (TPSA) is 27.6 Å². The fourth-order valence-electron chi connectivity index (χ4n) is 2.45. The largest absolute Gasteiger partial charge is 0.372 e. The van der Waals surface area contributed by atoms with Crippen molar-refractivity contribution in [2.45, 2.75) is 12.8 Å². The van der Waals surface area contributed by atoms with Gasteiger partial charge in [0.2, 0.25) is 0 Å². The molecule has 3 rings (SSSR count). The van der Waals surface area contributed by atoms with Crippen molar-refractivity contribution in [3.05, 3.63) is 59.9 Å². The number of hydrogen-bond donors (Lipinski definition) is 1. The summed E-state index contributed by atoms with van der Waals surface area (Å²) < 4.78 is 12.8. The van der Waals surface area contributed by atoms with Gasteiger partial charge in [-0.25, -0.2) is 4.39 Å². The first-order valence-corrected chi connectivity index (χ1v) is 7.21. The second-order valence-corrected chi connectivity index (χ2v) is 5.16. The van der Waals surface area contributed by atoms with Gasteiger partial charge >= 0.3 is 0 Å². The Balaban J connectivity index is 1.59. The molecule has 1 saturated heterocycles. The minimum absolute atomic E-state index is 0.248. The molecular weight excluding hydrogens is 265 g/mol. The molecule has 0 aromatic heterocycles. The first-order valence-electron chi connectivity index (χ1n) is 7.21. The molecule has 1 aliphatic rings. The highest BCUT2D eigenvalue weighted by molar-refractivity contribution is 5.81. The molecule has 1 fully saturated rings. The zero-order chi connectivity index (χ0) is 14.5. The van der Waals surface area contributed by atoms with Crippen LogP contribution in [0.1, 0.15) is 18.4 Å². The molecule has 0 spiro atoms. The van der Waals surface area contributed by atoms with Crippen LogP contribution in [0.3, 0.4) is 0 Å². The van der Waals surface area contributed by atoms with Crippen LogP contribution in [0.4, 0.5) is 15.8 Å². The number of nitrogens with zero attached hydrogens (tertiary/aromatic N) is 2. The van der Waals surface area contributed by atoms with E-state index in [0.29, 0.717) is 0 Å². The predicted octanol–water partition coefficient (Wildman–Crippen LogP) is 3.87. The Kier molecular flexibility index (Phi) is 4.15. The number of benzene rings is 2. The molecule has 0 radical (unpaired) electrons. The van der Waals surface area contributed by atoms with Gasteiger partial charge < -0.3 is 4.90 Å². The Bertz CT molecular complexity index is 599. The summed E-state index contributed by atoms with van der Waals surface area (Å²) >= 11 is 0. The van der Waals surface area contributed by atoms with Gasteiger partial charge in [0.25, 0.3) is 0 Å². The minimum Gasteiger partial charge on any atom is -0.372 e. The van der Waals surface area contributed by atoms with Crippen LogP contribution in [0, 0.1) is 5.82 Å². The van der Waals surface area contributed by atoms with E-state index in [1.807, 2.05) is 0 Å². The van der Waals surface area contributed by atoms with Crippen molar-refractivity contribution in [2.24, 2.45) is 5.10 Å². The van der Waals surface area contributed by atoms with Gasteiger partial charge in [0.15, 0.2) is 0 Å². The standard InChI is InChI=1S/C17H18FN3/c18-15-5-7-16(8-6-15)20-19-13-14-3-9-17(10-4-14)21-11-1-2-12-21/h3-10,13,20H,1-2,11-12H2. The number of nitrogens with one attached hydrogen (secondary N) is 1. The van der Waals surface area contributed by atoms with Gasteiger partial charge in [0.05, 0.1) is 11.9 Å². The van der Waals surface area contributed by atoms with Gasteiger partial charge in [-0.3, -0.25) is 5.43 Å². The van der Waals surface area contributed by atoms with E-state index in [1.165, 1.54) is 30.7 Å². The number of rotatable bonds is 4. The summed E-state index contributed by atoms with van der Waals surface area (Å²) in [6.07, 6.45) is 4.33. The number of hydrogen-bond acceptors (Lipinski definition) is 3. The molecule has 0 atom stereocenters. The maximum Gasteiger partial charge on any atom is 0.123 e. The van der Waals surface area contributed by atoms with Crippen LogP contribution in [0.2, 0.25) is 0 Å². The fourth-order valence-corrected chi connectivity index (χ4v) is 2.45. The molecule has 3 nitrogen and oxygen atoms in total. The highest BCUT2D eigenvalue weighted by atomic mass is 19.1. The summed E-state index contributed by atoms with van der Waals surface area (Å²) in [6.45, 7) is 2.30. The lowest BCUT2D eigenvalue weighted by molar-refractivity contribution is 0.628. The van der Waals surface area contributed by atoms with Crippen LogP contribution >= 0.6 is 0 Å². The van der Waals surface area contributed by atoms with E-state index in [9.17, 15) is 4.39 Å². The summed E-state index contributed by atoms with van der Waals surface area (Å²) in [5.41, 5.74) is 5.96. The molecule has 1 N–H and O–H groups in total. The first-order chi connectivity index (χ1) is 10.3. The van der Waals surface area contributed by atoms with Gasteiger partial charge in [-0.15, -0.1) is 0 Å². The quantitative estimate of drug-likeness (QED) is 0.681. The van der Waals surface area contributed by atoms with Crippen molar-refractivity contribution in [1.82, 2.24) is 0 Å². The number of halogens is 1. The van der Waals surface area contributed by atoms with Crippen molar-refractivity contribution in [3.8, 4) is 0 Å². The molecule has 2 aromatic carbocycles. The Labute approximate surface area is 124 Å². The lowest BCUT2D eigenvalue weighted by Crippen LogP contribution is -2.17. The van der Waals surface area contributed by atoms with Crippen LogP contribution in [0.15, 0.2) is 53.6 Å². The maximum atomic E-state index is 12.8. The molecule has 4 heteroatoms. The average molecular weight is 283 g/mol. The van der Waals surface area contributed by atoms with E-state index < -0.39 is 0 Å². The van der Waals surface area contributed by atoms with Crippen molar-refractivity contribution in [2.75, 3.05) is 23.4 Å². The minimum atomic E-state index is -0.248. The van der Waals surface area contributed by atoms with Gasteiger partial charge in [-0.05, 0) is 54.8 Å². The van der Waals surface area contributed by atoms with E-state index in [4.69, 9.17) is 0 Å². The van der Waals surface area contributed by atoms with Gasteiger partial charge in [-0.2, -0.15) is 5.10 Å². The van der Waals surface area contributed by atoms with Crippen LogP contribution < -0.4 is 10.3 Å². The second kappa shape index (κ2) is 6.39. The Morgan fingerprint density at radius 3 is 2.29 bits per heavy atom. The molecule has 2 aromatic rings. The number of hydrazone groups is 1. The summed E-state index contributed by atoms with van der Waals surface area (Å²) in [5, 5.41) is 4.16. The van der Waals surface area contributed by atoms with Crippen LogP contribution in [-0.2, 0) is 0 Å². The van der Waals surface area contributed by atoms with Crippen molar-refractivity contribution < 1.29 is 4.39 Å².